The van der Waals surface area contributed by atoms with E-state index in [0.717, 1.165) is 33.9 Å². The summed E-state index contributed by atoms with van der Waals surface area (Å²) in [5, 5.41) is 2.60. The minimum atomic E-state index is -0.448. The summed E-state index contributed by atoms with van der Waals surface area (Å²) in [6, 6.07) is 21.3. The van der Waals surface area contributed by atoms with Gasteiger partial charge in [0.15, 0.2) is 11.5 Å². The lowest BCUT2D eigenvalue weighted by Gasteiger charge is -2.19. The number of methoxy groups -OCH3 is 1. The molecule has 0 saturated carbocycles. The monoisotopic (exact) mass is 435 g/mol. The molecular weight excluding hydrogens is 410 g/mol. The number of carbonyl (C=O) groups is 1. The molecule has 0 spiro atoms. The van der Waals surface area contributed by atoms with Crippen LogP contribution in [0.15, 0.2) is 71.6 Å². The van der Waals surface area contributed by atoms with Crippen LogP contribution < -0.4 is 19.5 Å². The van der Waals surface area contributed by atoms with Crippen molar-refractivity contribution in [1.29, 1.82) is 0 Å². The number of aryl methyl sites for hydroxylation is 1. The number of hydrogen-bond acceptors (Lipinski definition) is 5. The van der Waals surface area contributed by atoms with Gasteiger partial charge in [-0.3, -0.25) is 4.79 Å². The molecule has 0 saturated heterocycles. The van der Waals surface area contributed by atoms with E-state index in [9.17, 15) is 4.79 Å². The van der Waals surface area contributed by atoms with E-state index < -0.39 is 5.25 Å². The van der Waals surface area contributed by atoms with E-state index >= 15 is 0 Å². The molecule has 3 aromatic carbocycles. The van der Waals surface area contributed by atoms with Crippen molar-refractivity contribution in [2.24, 2.45) is 0 Å². The van der Waals surface area contributed by atoms with Gasteiger partial charge in [0, 0.05) is 11.3 Å². The van der Waals surface area contributed by atoms with E-state index in [1.165, 1.54) is 11.8 Å². The minimum Gasteiger partial charge on any atom is -0.495 e. The highest BCUT2D eigenvalue weighted by Crippen LogP contribution is 2.41. The maximum absolute atomic E-state index is 13.4. The van der Waals surface area contributed by atoms with Gasteiger partial charge in [-0.2, -0.15) is 0 Å². The maximum Gasteiger partial charge on any atom is 0.242 e. The third-order valence-corrected chi connectivity index (χ3v) is 6.17. The number of thioether (sulfide) groups is 1. The summed E-state index contributed by atoms with van der Waals surface area (Å²) in [5.74, 6) is 1.97. The number of benzene rings is 3. The van der Waals surface area contributed by atoms with Gasteiger partial charge in [0.2, 0.25) is 5.91 Å². The lowest BCUT2D eigenvalue weighted by molar-refractivity contribution is -0.115. The zero-order valence-electron chi connectivity index (χ0n) is 17.6. The molecule has 5 nitrogen and oxygen atoms in total. The SMILES string of the molecule is COc1ccc(C)cc1NC(=O)[C@@H](Sc1ccc2c(c1)OCCCO2)c1ccccc1. The van der Waals surface area contributed by atoms with Gasteiger partial charge in [0.05, 0.1) is 26.0 Å². The van der Waals surface area contributed by atoms with Crippen molar-refractivity contribution in [3.63, 3.8) is 0 Å². The van der Waals surface area contributed by atoms with Crippen LogP contribution in [0.3, 0.4) is 0 Å². The highest BCUT2D eigenvalue weighted by Gasteiger charge is 2.24. The van der Waals surface area contributed by atoms with E-state index in [4.69, 9.17) is 14.2 Å². The average molecular weight is 436 g/mol. The van der Waals surface area contributed by atoms with Crippen molar-refractivity contribution in [3.8, 4) is 17.2 Å². The molecule has 1 N–H and O–H groups in total. The highest BCUT2D eigenvalue weighted by atomic mass is 32.2. The number of anilines is 1. The van der Waals surface area contributed by atoms with Crippen LogP contribution in [0.4, 0.5) is 5.69 Å². The maximum atomic E-state index is 13.4. The van der Waals surface area contributed by atoms with E-state index in [2.05, 4.69) is 5.32 Å². The van der Waals surface area contributed by atoms with Crippen LogP contribution in [0.1, 0.15) is 22.8 Å². The Labute approximate surface area is 186 Å². The summed E-state index contributed by atoms with van der Waals surface area (Å²) >= 11 is 1.48. The Morgan fingerprint density at radius 2 is 1.77 bits per heavy atom. The number of amides is 1. The summed E-state index contributed by atoms with van der Waals surface area (Å²) in [6.45, 7) is 3.25. The molecule has 0 bridgehead atoms. The molecule has 3 aromatic rings. The van der Waals surface area contributed by atoms with Gasteiger partial charge in [0.25, 0.3) is 0 Å². The van der Waals surface area contributed by atoms with Crippen LogP contribution in [-0.4, -0.2) is 26.2 Å². The molecule has 1 aliphatic heterocycles. The Morgan fingerprint density at radius 1 is 1.00 bits per heavy atom. The molecule has 0 fully saturated rings. The average Bonchev–Trinajstić information content (AvgIpc) is 3.03. The van der Waals surface area contributed by atoms with Gasteiger partial charge in [-0.05, 0) is 48.4 Å². The van der Waals surface area contributed by atoms with Crippen LogP contribution in [0.5, 0.6) is 17.2 Å². The molecule has 1 aliphatic rings. The second-order valence-electron chi connectivity index (χ2n) is 7.26. The summed E-state index contributed by atoms with van der Waals surface area (Å²) in [5.41, 5.74) is 2.62. The predicted octanol–water partition coefficient (Wildman–Crippen LogP) is 5.64. The van der Waals surface area contributed by atoms with Crippen LogP contribution >= 0.6 is 11.8 Å². The largest absolute Gasteiger partial charge is 0.495 e. The van der Waals surface area contributed by atoms with Gasteiger partial charge in [0.1, 0.15) is 11.0 Å². The number of hydrogen-bond donors (Lipinski definition) is 1. The van der Waals surface area contributed by atoms with E-state index in [1.54, 1.807) is 7.11 Å². The van der Waals surface area contributed by atoms with Crippen molar-refractivity contribution >= 4 is 23.4 Å². The first-order valence-electron chi connectivity index (χ1n) is 10.2. The predicted molar refractivity (Wildman–Crippen MR) is 123 cm³/mol. The summed E-state index contributed by atoms with van der Waals surface area (Å²) in [4.78, 5) is 14.3. The molecule has 160 valence electrons. The second kappa shape index (κ2) is 9.79. The van der Waals surface area contributed by atoms with E-state index in [-0.39, 0.29) is 5.91 Å². The molecule has 0 radical (unpaired) electrons. The third kappa shape index (κ3) is 5.14. The number of fused-ring (bicyclic) bond motifs is 1. The molecule has 31 heavy (non-hydrogen) atoms. The number of carbonyl (C=O) groups excluding carboxylic acids is 1. The van der Waals surface area contributed by atoms with Crippen LogP contribution in [-0.2, 0) is 4.79 Å². The lowest BCUT2D eigenvalue weighted by atomic mass is 10.1. The summed E-state index contributed by atoms with van der Waals surface area (Å²) in [6.07, 6.45) is 0.852. The quantitative estimate of drug-likeness (QED) is 0.508. The fourth-order valence-corrected chi connectivity index (χ4v) is 4.42. The standard InChI is InChI=1S/C25H25NO4S/c1-17-9-11-21(28-2)20(15-17)26-25(27)24(18-7-4-3-5-8-18)31-19-10-12-22-23(16-19)30-14-6-13-29-22/h3-5,7-12,15-16,24H,6,13-14H2,1-2H3,(H,26,27)/t24-/m0/s1. The number of ether oxygens (including phenoxy) is 3. The molecule has 0 aliphatic carbocycles. The summed E-state index contributed by atoms with van der Waals surface area (Å²) in [7, 11) is 1.60. The molecule has 1 atom stereocenters. The Kier molecular flexibility index (Phi) is 6.67. The highest BCUT2D eigenvalue weighted by molar-refractivity contribution is 8.00. The molecule has 6 heteroatoms. The second-order valence-corrected chi connectivity index (χ2v) is 8.44. The fourth-order valence-electron chi connectivity index (χ4n) is 3.37. The van der Waals surface area contributed by atoms with Gasteiger partial charge in [-0.25, -0.2) is 0 Å². The van der Waals surface area contributed by atoms with Gasteiger partial charge in [-0.1, -0.05) is 36.4 Å². The minimum absolute atomic E-state index is 0.118. The Hall–Kier alpha value is -3.12. The van der Waals surface area contributed by atoms with Gasteiger partial charge < -0.3 is 19.5 Å². The number of rotatable bonds is 6. The Bertz CT molecular complexity index is 1050. The fraction of sp³-hybridized carbons (Fsp3) is 0.240. The lowest BCUT2D eigenvalue weighted by Crippen LogP contribution is -2.19. The zero-order valence-corrected chi connectivity index (χ0v) is 18.4. The number of nitrogens with one attached hydrogen (secondary N) is 1. The molecule has 1 heterocycles. The molecule has 4 rings (SSSR count). The molecule has 1 amide bonds. The first kappa shape index (κ1) is 21.1. The van der Waals surface area contributed by atoms with Crippen molar-refractivity contribution < 1.29 is 19.0 Å². The summed E-state index contributed by atoms with van der Waals surface area (Å²) < 4.78 is 17.0. The van der Waals surface area contributed by atoms with Crippen molar-refractivity contribution in [2.75, 3.05) is 25.6 Å². The topological polar surface area (TPSA) is 56.8 Å². The van der Waals surface area contributed by atoms with Crippen molar-refractivity contribution in [2.45, 2.75) is 23.5 Å². The van der Waals surface area contributed by atoms with Crippen LogP contribution in [0.2, 0.25) is 0 Å². The van der Waals surface area contributed by atoms with Crippen molar-refractivity contribution in [1.82, 2.24) is 0 Å². The van der Waals surface area contributed by atoms with Gasteiger partial charge >= 0.3 is 0 Å². The molecule has 0 aromatic heterocycles. The van der Waals surface area contributed by atoms with Crippen LogP contribution in [0, 0.1) is 6.92 Å². The van der Waals surface area contributed by atoms with E-state index in [0.29, 0.717) is 24.7 Å². The molecule has 0 unspecified atom stereocenters. The first-order chi connectivity index (χ1) is 15.1. The first-order valence-corrected chi connectivity index (χ1v) is 11.1. The third-order valence-electron chi connectivity index (χ3n) is 4.93. The smallest absolute Gasteiger partial charge is 0.242 e. The zero-order chi connectivity index (χ0) is 21.6. The van der Waals surface area contributed by atoms with Crippen molar-refractivity contribution in [3.05, 3.63) is 77.9 Å². The van der Waals surface area contributed by atoms with E-state index in [1.807, 2.05) is 73.7 Å². The molecular formula is C25H25NO4S. The van der Waals surface area contributed by atoms with Crippen LogP contribution in [0.25, 0.3) is 0 Å². The normalized spacial score (nSPS) is 13.7. The van der Waals surface area contributed by atoms with Gasteiger partial charge in [-0.15, -0.1) is 11.8 Å². The Morgan fingerprint density at radius 3 is 2.55 bits per heavy atom. The Balaban J connectivity index is 1.62.